The van der Waals surface area contributed by atoms with E-state index in [9.17, 15) is 4.79 Å². The number of hydrogen-bond acceptors (Lipinski definition) is 3. The fourth-order valence-corrected chi connectivity index (χ4v) is 2.23. The van der Waals surface area contributed by atoms with Gasteiger partial charge in [0.25, 0.3) is 0 Å². The molecule has 2 rings (SSSR count). The van der Waals surface area contributed by atoms with Gasteiger partial charge in [-0.3, -0.25) is 4.90 Å². The van der Waals surface area contributed by atoms with Gasteiger partial charge in [0.1, 0.15) is 5.82 Å². The maximum atomic E-state index is 12.1. The summed E-state index contributed by atoms with van der Waals surface area (Å²) in [6.07, 6.45) is 7.47. The molecule has 0 saturated heterocycles. The molecule has 0 bridgehead atoms. The monoisotopic (exact) mass is 248 g/mol. The topological polar surface area (TPSA) is 71.2 Å². The number of pyridine rings is 1. The van der Waals surface area contributed by atoms with Crippen molar-refractivity contribution in [1.82, 2.24) is 10.3 Å². The lowest BCUT2D eigenvalue weighted by atomic mass is 9.96. The zero-order chi connectivity index (χ0) is 13.0. The molecule has 1 aliphatic rings. The first-order valence-corrected chi connectivity index (χ1v) is 6.42. The Kier molecular flexibility index (Phi) is 4.02. The lowest BCUT2D eigenvalue weighted by molar-refractivity contribution is 0.239. The number of nitrogen functional groups attached to an aromatic ring is 1. The minimum atomic E-state index is -0.0755. The van der Waals surface area contributed by atoms with Crippen LogP contribution in [0.4, 0.5) is 16.3 Å². The van der Waals surface area contributed by atoms with Crippen LogP contribution in [-0.4, -0.2) is 24.1 Å². The Morgan fingerprint density at radius 2 is 2.11 bits per heavy atom. The van der Waals surface area contributed by atoms with E-state index in [2.05, 4.69) is 10.3 Å². The lowest BCUT2D eigenvalue weighted by Gasteiger charge is -2.26. The van der Waals surface area contributed by atoms with Gasteiger partial charge in [0.2, 0.25) is 0 Å². The van der Waals surface area contributed by atoms with E-state index in [0.29, 0.717) is 11.9 Å². The number of anilines is 2. The van der Waals surface area contributed by atoms with E-state index < -0.39 is 0 Å². The van der Waals surface area contributed by atoms with Crippen molar-refractivity contribution < 1.29 is 4.79 Å². The molecule has 98 valence electrons. The Balaban J connectivity index is 1.93. The van der Waals surface area contributed by atoms with Crippen LogP contribution in [0.15, 0.2) is 18.3 Å². The maximum absolute atomic E-state index is 12.1. The highest BCUT2D eigenvalue weighted by atomic mass is 16.2. The molecule has 5 heteroatoms. The Hall–Kier alpha value is -1.78. The number of urea groups is 1. The molecule has 0 aliphatic heterocycles. The fraction of sp³-hybridized carbons (Fsp3) is 0.538. The second kappa shape index (κ2) is 5.71. The number of amides is 2. The molecule has 1 fully saturated rings. The highest BCUT2D eigenvalue weighted by Gasteiger charge is 2.18. The van der Waals surface area contributed by atoms with E-state index in [4.69, 9.17) is 5.73 Å². The molecule has 0 radical (unpaired) electrons. The SMILES string of the molecule is CN(C(=O)NC1CCCCC1)c1ccc(N)nc1. The Morgan fingerprint density at radius 1 is 1.39 bits per heavy atom. The normalized spacial score (nSPS) is 16.3. The first-order valence-electron chi connectivity index (χ1n) is 6.42. The number of carbonyl (C=O) groups excluding carboxylic acids is 1. The van der Waals surface area contributed by atoms with Crippen LogP contribution in [0, 0.1) is 0 Å². The Morgan fingerprint density at radius 3 is 2.72 bits per heavy atom. The first-order chi connectivity index (χ1) is 8.66. The number of aromatic nitrogens is 1. The van der Waals surface area contributed by atoms with Gasteiger partial charge in [-0.05, 0) is 25.0 Å². The summed E-state index contributed by atoms with van der Waals surface area (Å²) in [7, 11) is 1.74. The van der Waals surface area contributed by atoms with Crippen molar-refractivity contribution in [2.45, 2.75) is 38.1 Å². The van der Waals surface area contributed by atoms with Crippen LogP contribution in [0.3, 0.4) is 0 Å². The molecule has 5 nitrogen and oxygen atoms in total. The van der Waals surface area contributed by atoms with Crippen LogP contribution >= 0.6 is 0 Å². The summed E-state index contributed by atoms with van der Waals surface area (Å²) in [5, 5.41) is 3.06. The van der Waals surface area contributed by atoms with Crippen LogP contribution in [0.25, 0.3) is 0 Å². The highest BCUT2D eigenvalue weighted by Crippen LogP contribution is 2.18. The number of nitrogens with two attached hydrogens (primary N) is 1. The predicted molar refractivity (Wildman–Crippen MR) is 72.5 cm³/mol. The van der Waals surface area contributed by atoms with E-state index in [1.165, 1.54) is 19.3 Å². The summed E-state index contributed by atoms with van der Waals surface area (Å²) in [6.45, 7) is 0. The second-order valence-electron chi connectivity index (χ2n) is 4.78. The molecule has 0 unspecified atom stereocenters. The van der Waals surface area contributed by atoms with Crippen molar-refractivity contribution in [3.05, 3.63) is 18.3 Å². The Labute approximate surface area is 107 Å². The molecular weight excluding hydrogens is 228 g/mol. The van der Waals surface area contributed by atoms with Gasteiger partial charge >= 0.3 is 6.03 Å². The number of nitrogens with one attached hydrogen (secondary N) is 1. The molecular formula is C13H20N4O. The number of rotatable bonds is 2. The third-order valence-electron chi connectivity index (χ3n) is 3.40. The van der Waals surface area contributed by atoms with Crippen molar-refractivity contribution in [1.29, 1.82) is 0 Å². The molecule has 1 aliphatic carbocycles. The minimum Gasteiger partial charge on any atom is -0.384 e. The van der Waals surface area contributed by atoms with Gasteiger partial charge in [0.05, 0.1) is 11.9 Å². The van der Waals surface area contributed by atoms with Crippen LogP contribution in [0.1, 0.15) is 32.1 Å². The van der Waals surface area contributed by atoms with E-state index in [-0.39, 0.29) is 6.03 Å². The van der Waals surface area contributed by atoms with Gasteiger partial charge in [-0.1, -0.05) is 19.3 Å². The summed E-state index contributed by atoms with van der Waals surface area (Å²) in [4.78, 5) is 17.6. The molecule has 18 heavy (non-hydrogen) atoms. The van der Waals surface area contributed by atoms with Crippen molar-refractivity contribution in [3.8, 4) is 0 Å². The summed E-state index contributed by atoms with van der Waals surface area (Å²) in [5.74, 6) is 0.458. The summed E-state index contributed by atoms with van der Waals surface area (Å²) < 4.78 is 0. The quantitative estimate of drug-likeness (QED) is 0.842. The van der Waals surface area contributed by atoms with E-state index in [0.717, 1.165) is 18.5 Å². The van der Waals surface area contributed by atoms with Crippen LogP contribution in [0.5, 0.6) is 0 Å². The summed E-state index contributed by atoms with van der Waals surface area (Å²) in [6, 6.07) is 3.73. The van der Waals surface area contributed by atoms with Crippen LogP contribution in [-0.2, 0) is 0 Å². The third kappa shape index (κ3) is 3.12. The predicted octanol–water partition coefficient (Wildman–Crippen LogP) is 2.14. The molecule has 1 aromatic rings. The van der Waals surface area contributed by atoms with E-state index in [1.807, 2.05) is 0 Å². The van der Waals surface area contributed by atoms with Gasteiger partial charge in [0, 0.05) is 13.1 Å². The number of carbonyl (C=O) groups is 1. The molecule has 2 amide bonds. The van der Waals surface area contributed by atoms with Gasteiger partial charge in [-0.2, -0.15) is 0 Å². The average Bonchev–Trinajstić information content (AvgIpc) is 2.40. The highest BCUT2D eigenvalue weighted by molar-refractivity contribution is 5.91. The summed E-state index contributed by atoms with van der Waals surface area (Å²) in [5.41, 5.74) is 6.27. The number of hydrogen-bond donors (Lipinski definition) is 2. The molecule has 1 aromatic heterocycles. The third-order valence-corrected chi connectivity index (χ3v) is 3.40. The second-order valence-corrected chi connectivity index (χ2v) is 4.78. The van der Waals surface area contributed by atoms with Gasteiger partial charge in [-0.25, -0.2) is 9.78 Å². The smallest absolute Gasteiger partial charge is 0.321 e. The van der Waals surface area contributed by atoms with Crippen molar-refractivity contribution in [3.63, 3.8) is 0 Å². The van der Waals surface area contributed by atoms with Crippen LogP contribution in [0.2, 0.25) is 0 Å². The number of nitrogens with zero attached hydrogens (tertiary/aromatic N) is 2. The fourth-order valence-electron chi connectivity index (χ4n) is 2.23. The molecule has 1 saturated carbocycles. The van der Waals surface area contributed by atoms with Crippen molar-refractivity contribution in [2.24, 2.45) is 0 Å². The molecule has 0 spiro atoms. The standard InChI is InChI=1S/C13H20N4O/c1-17(11-7-8-12(14)15-9-11)13(18)16-10-5-3-2-4-6-10/h7-10H,2-6H2,1H3,(H2,14,15)(H,16,18). The van der Waals surface area contributed by atoms with Crippen LogP contribution < -0.4 is 16.0 Å². The van der Waals surface area contributed by atoms with Gasteiger partial charge < -0.3 is 11.1 Å². The molecule has 3 N–H and O–H groups in total. The zero-order valence-corrected chi connectivity index (χ0v) is 10.7. The zero-order valence-electron chi connectivity index (χ0n) is 10.7. The molecule has 0 aromatic carbocycles. The van der Waals surface area contributed by atoms with E-state index >= 15 is 0 Å². The first kappa shape index (κ1) is 12.7. The van der Waals surface area contributed by atoms with Crippen molar-refractivity contribution in [2.75, 3.05) is 17.7 Å². The summed E-state index contributed by atoms with van der Waals surface area (Å²) >= 11 is 0. The lowest BCUT2D eigenvalue weighted by Crippen LogP contribution is -2.44. The largest absolute Gasteiger partial charge is 0.384 e. The van der Waals surface area contributed by atoms with Crippen molar-refractivity contribution >= 4 is 17.5 Å². The van der Waals surface area contributed by atoms with Gasteiger partial charge in [-0.15, -0.1) is 0 Å². The van der Waals surface area contributed by atoms with Gasteiger partial charge in [0.15, 0.2) is 0 Å². The molecule has 0 atom stereocenters. The Bertz CT molecular complexity index is 398. The average molecular weight is 248 g/mol. The molecule has 1 heterocycles. The van der Waals surface area contributed by atoms with E-state index in [1.54, 1.807) is 30.3 Å². The maximum Gasteiger partial charge on any atom is 0.321 e. The minimum absolute atomic E-state index is 0.0755.